The van der Waals surface area contributed by atoms with Gasteiger partial charge in [-0.15, -0.1) is 22.7 Å². The molecule has 3 rings (SSSR count). The number of ether oxygens (including phenoxy) is 1. The SMILES string of the molecule is CCOC(=O)c1sc(NC(=O)c2nc3ccccc3s2)c(SC#N)c1C. The summed E-state index contributed by atoms with van der Waals surface area (Å²) in [7, 11) is 0. The number of thiazole rings is 1. The van der Waals surface area contributed by atoms with Crippen molar-refractivity contribution in [2.75, 3.05) is 11.9 Å². The number of carbonyl (C=O) groups excluding carboxylic acids is 2. The van der Waals surface area contributed by atoms with Gasteiger partial charge in [0.05, 0.1) is 21.7 Å². The lowest BCUT2D eigenvalue weighted by Gasteiger charge is -2.01. The summed E-state index contributed by atoms with van der Waals surface area (Å²) in [5.74, 6) is -0.835. The maximum Gasteiger partial charge on any atom is 0.348 e. The van der Waals surface area contributed by atoms with E-state index in [0.29, 0.717) is 25.3 Å². The number of esters is 1. The maximum absolute atomic E-state index is 12.6. The minimum Gasteiger partial charge on any atom is -0.462 e. The van der Waals surface area contributed by atoms with Crippen LogP contribution in [0.25, 0.3) is 10.2 Å². The molecule has 6 nitrogen and oxygen atoms in total. The van der Waals surface area contributed by atoms with E-state index in [9.17, 15) is 9.59 Å². The summed E-state index contributed by atoms with van der Waals surface area (Å²) in [5, 5.41) is 14.6. The molecule has 0 bridgehead atoms. The third-order valence-electron chi connectivity index (χ3n) is 3.42. The molecule has 0 saturated heterocycles. The van der Waals surface area contributed by atoms with Crippen LogP contribution in [0.4, 0.5) is 5.00 Å². The van der Waals surface area contributed by atoms with Gasteiger partial charge in [-0.25, -0.2) is 9.78 Å². The quantitative estimate of drug-likeness (QED) is 0.378. The van der Waals surface area contributed by atoms with Gasteiger partial charge in [0.2, 0.25) is 0 Å². The first-order chi connectivity index (χ1) is 12.5. The zero-order valence-corrected chi connectivity index (χ0v) is 16.3. The van der Waals surface area contributed by atoms with Gasteiger partial charge in [0.1, 0.15) is 15.3 Å². The highest BCUT2D eigenvalue weighted by Gasteiger charge is 2.24. The van der Waals surface area contributed by atoms with Crippen LogP contribution in [0, 0.1) is 17.6 Å². The molecule has 2 aromatic heterocycles. The van der Waals surface area contributed by atoms with Crippen molar-refractivity contribution in [2.45, 2.75) is 18.7 Å². The smallest absolute Gasteiger partial charge is 0.348 e. The van der Waals surface area contributed by atoms with Gasteiger partial charge in [0.25, 0.3) is 5.91 Å². The molecule has 0 radical (unpaired) electrons. The first-order valence-corrected chi connectivity index (χ1v) is 10.0. The predicted octanol–water partition coefficient (Wildman–Crippen LogP) is 4.67. The molecule has 0 saturated carbocycles. The molecule has 1 N–H and O–H groups in total. The van der Waals surface area contributed by atoms with Crippen molar-refractivity contribution in [3.63, 3.8) is 0 Å². The van der Waals surface area contributed by atoms with Crippen LogP contribution in [0.15, 0.2) is 29.2 Å². The Morgan fingerprint density at radius 1 is 1.35 bits per heavy atom. The number of rotatable bonds is 5. The number of thiocyanates is 1. The molecule has 3 aromatic rings. The largest absolute Gasteiger partial charge is 0.462 e. The molecule has 0 aliphatic carbocycles. The van der Waals surface area contributed by atoms with Gasteiger partial charge in [-0.1, -0.05) is 12.1 Å². The first-order valence-electron chi connectivity index (χ1n) is 7.58. The summed E-state index contributed by atoms with van der Waals surface area (Å²) in [4.78, 5) is 29.9. The molecule has 0 aliphatic rings. The Hall–Kier alpha value is -2.41. The Kier molecular flexibility index (Phi) is 5.56. The standard InChI is InChI=1S/C17H13N3O3S3/c1-3-23-17(22)13-9(2)12(24-8-18)15(26-13)20-14(21)16-19-10-6-4-5-7-11(10)25-16/h4-7H,3H2,1-2H3,(H,20,21). The molecule has 0 atom stereocenters. The van der Waals surface area contributed by atoms with Crippen molar-refractivity contribution in [2.24, 2.45) is 0 Å². The summed E-state index contributed by atoms with van der Waals surface area (Å²) in [5.41, 5.74) is 1.38. The van der Waals surface area contributed by atoms with E-state index in [0.717, 1.165) is 33.3 Å². The van der Waals surface area contributed by atoms with Crippen molar-refractivity contribution in [3.8, 4) is 5.40 Å². The lowest BCUT2D eigenvalue weighted by molar-refractivity contribution is 0.0531. The Bertz CT molecular complexity index is 1000. The van der Waals surface area contributed by atoms with Crippen LogP contribution in [0.1, 0.15) is 32.0 Å². The maximum atomic E-state index is 12.6. The number of thioether (sulfide) groups is 1. The molecule has 0 fully saturated rings. The molecule has 1 aromatic carbocycles. The predicted molar refractivity (Wildman–Crippen MR) is 104 cm³/mol. The molecule has 132 valence electrons. The fourth-order valence-corrected chi connectivity index (χ4v) is 4.92. The molecule has 0 spiro atoms. The normalized spacial score (nSPS) is 10.5. The van der Waals surface area contributed by atoms with Crippen molar-refractivity contribution >= 4 is 61.5 Å². The van der Waals surface area contributed by atoms with Crippen molar-refractivity contribution < 1.29 is 14.3 Å². The Morgan fingerprint density at radius 3 is 2.81 bits per heavy atom. The van der Waals surface area contributed by atoms with Gasteiger partial charge < -0.3 is 10.1 Å². The minimum absolute atomic E-state index is 0.254. The zero-order chi connectivity index (χ0) is 18.7. The van der Waals surface area contributed by atoms with Crippen LogP contribution in [0.2, 0.25) is 0 Å². The van der Waals surface area contributed by atoms with E-state index in [-0.39, 0.29) is 12.5 Å². The van der Waals surface area contributed by atoms with Crippen LogP contribution in [0.5, 0.6) is 0 Å². The summed E-state index contributed by atoms with van der Waals surface area (Å²) >= 11 is 3.29. The highest BCUT2D eigenvalue weighted by atomic mass is 32.2. The average molecular weight is 404 g/mol. The molecule has 26 heavy (non-hydrogen) atoms. The van der Waals surface area contributed by atoms with E-state index >= 15 is 0 Å². The van der Waals surface area contributed by atoms with Crippen LogP contribution in [-0.4, -0.2) is 23.5 Å². The number of nitriles is 1. The first kappa shape index (κ1) is 18.4. The number of thiophene rings is 1. The molecule has 0 unspecified atom stereocenters. The van der Waals surface area contributed by atoms with Gasteiger partial charge in [-0.3, -0.25) is 4.79 Å². The van der Waals surface area contributed by atoms with Gasteiger partial charge in [0, 0.05) is 0 Å². The highest BCUT2D eigenvalue weighted by molar-refractivity contribution is 8.04. The van der Waals surface area contributed by atoms with Gasteiger partial charge in [-0.2, -0.15) is 5.26 Å². The number of fused-ring (bicyclic) bond motifs is 1. The topological polar surface area (TPSA) is 92.1 Å². The summed E-state index contributed by atoms with van der Waals surface area (Å²) in [6, 6.07) is 7.49. The number of hydrogen-bond acceptors (Lipinski definition) is 8. The van der Waals surface area contributed by atoms with Crippen molar-refractivity contribution in [1.82, 2.24) is 4.98 Å². The number of hydrogen-bond donors (Lipinski definition) is 1. The second-order valence-electron chi connectivity index (χ2n) is 5.07. The lowest BCUT2D eigenvalue weighted by Crippen LogP contribution is -2.10. The van der Waals surface area contributed by atoms with E-state index in [1.165, 1.54) is 11.3 Å². The number of aromatic nitrogens is 1. The van der Waals surface area contributed by atoms with E-state index in [1.54, 1.807) is 13.8 Å². The van der Waals surface area contributed by atoms with Gasteiger partial charge in [0.15, 0.2) is 5.01 Å². The number of carbonyl (C=O) groups is 2. The molecular weight excluding hydrogens is 390 g/mol. The van der Waals surface area contributed by atoms with Crippen LogP contribution >= 0.6 is 34.4 Å². The van der Waals surface area contributed by atoms with Crippen LogP contribution in [0.3, 0.4) is 0 Å². The van der Waals surface area contributed by atoms with Crippen molar-refractivity contribution in [1.29, 1.82) is 5.26 Å². The van der Waals surface area contributed by atoms with Gasteiger partial charge in [-0.05, 0) is 43.3 Å². The summed E-state index contributed by atoms with van der Waals surface area (Å²) < 4.78 is 5.96. The second kappa shape index (κ2) is 7.86. The number of nitrogens with one attached hydrogen (secondary N) is 1. The van der Waals surface area contributed by atoms with E-state index in [2.05, 4.69) is 10.3 Å². The number of anilines is 1. The van der Waals surface area contributed by atoms with Crippen LogP contribution < -0.4 is 5.32 Å². The molecule has 0 aliphatic heterocycles. The van der Waals surface area contributed by atoms with E-state index < -0.39 is 5.97 Å². The second-order valence-corrected chi connectivity index (χ2v) is 7.92. The lowest BCUT2D eigenvalue weighted by atomic mass is 10.3. The molecule has 9 heteroatoms. The van der Waals surface area contributed by atoms with Crippen molar-refractivity contribution in [3.05, 3.63) is 39.7 Å². The number of nitrogens with zero attached hydrogens (tertiary/aromatic N) is 2. The van der Waals surface area contributed by atoms with E-state index in [1.807, 2.05) is 29.7 Å². The monoisotopic (exact) mass is 403 g/mol. The summed E-state index contributed by atoms with van der Waals surface area (Å²) in [6.45, 7) is 3.71. The Labute approximate surface area is 161 Å². The third-order valence-corrected chi connectivity index (χ3v) is 6.57. The average Bonchev–Trinajstić information content (AvgIpc) is 3.18. The van der Waals surface area contributed by atoms with E-state index in [4.69, 9.17) is 10.00 Å². The fourth-order valence-electron chi connectivity index (χ4n) is 2.27. The fraction of sp³-hybridized carbons (Fsp3) is 0.176. The Morgan fingerprint density at radius 2 is 2.12 bits per heavy atom. The Balaban J connectivity index is 1.92. The zero-order valence-electron chi connectivity index (χ0n) is 13.9. The minimum atomic E-state index is -0.463. The highest BCUT2D eigenvalue weighted by Crippen LogP contribution is 2.40. The number of benzene rings is 1. The van der Waals surface area contributed by atoms with Crippen LogP contribution in [-0.2, 0) is 4.74 Å². The molecular formula is C17H13N3O3S3. The molecule has 1 amide bonds. The number of amides is 1. The van der Waals surface area contributed by atoms with Gasteiger partial charge >= 0.3 is 5.97 Å². The summed E-state index contributed by atoms with van der Waals surface area (Å²) in [6.07, 6.45) is 0. The molecule has 2 heterocycles. The number of para-hydroxylation sites is 1. The third kappa shape index (κ3) is 3.58.